The largest absolute Gasteiger partial charge is 0.495 e. The molecule has 3 rings (SSSR count). The van der Waals surface area contributed by atoms with E-state index in [1.807, 2.05) is 12.1 Å². The van der Waals surface area contributed by atoms with Crippen molar-refractivity contribution in [3.8, 4) is 5.75 Å². The Labute approximate surface area is 145 Å². The number of aromatic nitrogens is 3. The molecule has 1 fully saturated rings. The Balaban J connectivity index is 1.63. The van der Waals surface area contributed by atoms with Crippen molar-refractivity contribution in [2.45, 2.75) is 25.4 Å². The standard InChI is InChI=1S/C16H20ClN5O2/c1-11(22-10-18-9-19-22)16(23)20-13-5-6-21(8-13)14-7-12(17)3-4-15(14)24-2/h3-4,7,9-11,13H,5-6,8H2,1-2H3,(H,20,23). The lowest BCUT2D eigenvalue weighted by Crippen LogP contribution is -2.40. The number of rotatable bonds is 5. The zero-order valence-corrected chi connectivity index (χ0v) is 14.4. The maximum absolute atomic E-state index is 12.4. The van der Waals surface area contributed by atoms with Gasteiger partial charge >= 0.3 is 0 Å². The van der Waals surface area contributed by atoms with Gasteiger partial charge in [-0.2, -0.15) is 5.10 Å². The van der Waals surface area contributed by atoms with Crippen LogP contribution >= 0.6 is 11.6 Å². The van der Waals surface area contributed by atoms with Gasteiger partial charge in [0, 0.05) is 24.2 Å². The second kappa shape index (κ2) is 7.09. The predicted octanol–water partition coefficient (Wildman–Crippen LogP) is 1.90. The Morgan fingerprint density at radius 3 is 3.04 bits per heavy atom. The van der Waals surface area contributed by atoms with Gasteiger partial charge in [-0.1, -0.05) is 11.6 Å². The van der Waals surface area contributed by atoms with E-state index in [9.17, 15) is 4.79 Å². The van der Waals surface area contributed by atoms with Crippen LogP contribution in [0.15, 0.2) is 30.9 Å². The number of nitrogens with zero attached hydrogens (tertiary/aromatic N) is 4. The van der Waals surface area contributed by atoms with Crippen LogP contribution in [-0.4, -0.2) is 46.9 Å². The fourth-order valence-electron chi connectivity index (χ4n) is 2.87. The number of anilines is 1. The zero-order valence-electron chi connectivity index (χ0n) is 13.6. The minimum absolute atomic E-state index is 0.0644. The Morgan fingerprint density at radius 2 is 2.33 bits per heavy atom. The van der Waals surface area contributed by atoms with Gasteiger partial charge in [-0.05, 0) is 31.5 Å². The number of hydrogen-bond acceptors (Lipinski definition) is 5. The molecule has 0 bridgehead atoms. The van der Waals surface area contributed by atoms with Gasteiger partial charge in [-0.15, -0.1) is 0 Å². The van der Waals surface area contributed by atoms with Gasteiger partial charge in [-0.3, -0.25) is 4.79 Å². The molecule has 0 spiro atoms. The van der Waals surface area contributed by atoms with Crippen LogP contribution in [0.1, 0.15) is 19.4 Å². The van der Waals surface area contributed by atoms with Gasteiger partial charge < -0.3 is 15.0 Å². The summed E-state index contributed by atoms with van der Waals surface area (Å²) in [6.45, 7) is 3.35. The number of carbonyl (C=O) groups excluding carboxylic acids is 1. The number of ether oxygens (including phenoxy) is 1. The first kappa shape index (κ1) is 16.6. The van der Waals surface area contributed by atoms with Gasteiger partial charge in [0.2, 0.25) is 5.91 Å². The Hall–Kier alpha value is -2.28. The maximum atomic E-state index is 12.4. The Bertz CT molecular complexity index is 706. The first-order valence-corrected chi connectivity index (χ1v) is 8.19. The predicted molar refractivity (Wildman–Crippen MR) is 91.5 cm³/mol. The van der Waals surface area contributed by atoms with Crippen molar-refractivity contribution in [2.24, 2.45) is 0 Å². The third-order valence-electron chi connectivity index (χ3n) is 4.23. The van der Waals surface area contributed by atoms with E-state index in [0.717, 1.165) is 24.4 Å². The molecule has 24 heavy (non-hydrogen) atoms. The number of hydrogen-bond donors (Lipinski definition) is 1. The molecule has 8 heteroatoms. The van der Waals surface area contributed by atoms with Crippen molar-refractivity contribution in [2.75, 3.05) is 25.1 Å². The van der Waals surface area contributed by atoms with E-state index >= 15 is 0 Å². The van der Waals surface area contributed by atoms with E-state index in [1.54, 1.807) is 31.1 Å². The third kappa shape index (κ3) is 3.46. The molecular weight excluding hydrogens is 330 g/mol. The van der Waals surface area contributed by atoms with Crippen molar-refractivity contribution < 1.29 is 9.53 Å². The molecule has 1 aliphatic rings. The molecule has 1 N–H and O–H groups in total. The molecule has 128 valence electrons. The van der Waals surface area contributed by atoms with Crippen LogP contribution in [0.2, 0.25) is 5.02 Å². The number of halogens is 1. The molecule has 2 unspecified atom stereocenters. The number of benzene rings is 1. The lowest BCUT2D eigenvalue weighted by atomic mass is 10.2. The number of methoxy groups -OCH3 is 1. The summed E-state index contributed by atoms with van der Waals surface area (Å²) in [5.41, 5.74) is 0.950. The highest BCUT2D eigenvalue weighted by molar-refractivity contribution is 6.30. The summed E-state index contributed by atoms with van der Waals surface area (Å²) in [7, 11) is 1.64. The first-order valence-electron chi connectivity index (χ1n) is 7.81. The minimum Gasteiger partial charge on any atom is -0.495 e. The van der Waals surface area contributed by atoms with Gasteiger partial charge in [0.25, 0.3) is 0 Å². The van der Waals surface area contributed by atoms with E-state index in [1.165, 1.54) is 6.33 Å². The number of carbonyl (C=O) groups is 1. The SMILES string of the molecule is COc1ccc(Cl)cc1N1CCC(NC(=O)C(C)n2cncn2)C1. The summed E-state index contributed by atoms with van der Waals surface area (Å²) in [6.07, 6.45) is 3.83. The fourth-order valence-corrected chi connectivity index (χ4v) is 3.03. The maximum Gasteiger partial charge on any atom is 0.244 e. The van der Waals surface area contributed by atoms with Crippen LogP contribution in [0.3, 0.4) is 0 Å². The van der Waals surface area contributed by atoms with Crippen LogP contribution < -0.4 is 15.0 Å². The van der Waals surface area contributed by atoms with E-state index < -0.39 is 0 Å². The number of amides is 1. The summed E-state index contributed by atoms with van der Waals surface area (Å²) in [5.74, 6) is 0.716. The quantitative estimate of drug-likeness (QED) is 0.892. The van der Waals surface area contributed by atoms with E-state index in [-0.39, 0.29) is 18.0 Å². The van der Waals surface area contributed by atoms with Crippen molar-refractivity contribution in [1.82, 2.24) is 20.1 Å². The highest BCUT2D eigenvalue weighted by atomic mass is 35.5. The highest BCUT2D eigenvalue weighted by Gasteiger charge is 2.27. The van der Waals surface area contributed by atoms with Crippen molar-refractivity contribution in [3.63, 3.8) is 0 Å². The second-order valence-corrected chi connectivity index (χ2v) is 6.24. The molecule has 1 amide bonds. The molecule has 7 nitrogen and oxygen atoms in total. The molecule has 2 atom stereocenters. The summed E-state index contributed by atoms with van der Waals surface area (Å²) < 4.78 is 6.95. The van der Waals surface area contributed by atoms with Gasteiger partial charge in [0.1, 0.15) is 24.4 Å². The smallest absolute Gasteiger partial charge is 0.244 e. The summed E-state index contributed by atoms with van der Waals surface area (Å²) in [4.78, 5) is 18.4. The lowest BCUT2D eigenvalue weighted by molar-refractivity contribution is -0.124. The molecule has 2 heterocycles. The first-order chi connectivity index (χ1) is 11.6. The molecule has 0 radical (unpaired) electrons. The van der Waals surface area contributed by atoms with Crippen molar-refractivity contribution in [3.05, 3.63) is 35.9 Å². The van der Waals surface area contributed by atoms with Crippen LogP contribution in [0, 0.1) is 0 Å². The molecule has 0 saturated carbocycles. The third-order valence-corrected chi connectivity index (χ3v) is 4.46. The van der Waals surface area contributed by atoms with Crippen molar-refractivity contribution in [1.29, 1.82) is 0 Å². The Morgan fingerprint density at radius 1 is 1.50 bits per heavy atom. The topological polar surface area (TPSA) is 72.3 Å². The molecular formula is C16H20ClN5O2. The average molecular weight is 350 g/mol. The average Bonchev–Trinajstić information content (AvgIpc) is 3.26. The van der Waals surface area contributed by atoms with E-state index in [2.05, 4.69) is 20.3 Å². The summed E-state index contributed by atoms with van der Waals surface area (Å²) in [5, 5.41) is 7.75. The summed E-state index contributed by atoms with van der Waals surface area (Å²) in [6, 6.07) is 5.24. The molecule has 1 aromatic carbocycles. The summed E-state index contributed by atoms with van der Waals surface area (Å²) >= 11 is 6.10. The molecule has 1 saturated heterocycles. The molecule has 1 aromatic heterocycles. The van der Waals surface area contributed by atoms with E-state index in [4.69, 9.17) is 16.3 Å². The van der Waals surface area contributed by atoms with Gasteiger partial charge in [0.15, 0.2) is 0 Å². The van der Waals surface area contributed by atoms with E-state index in [0.29, 0.717) is 11.6 Å². The van der Waals surface area contributed by atoms with Gasteiger partial charge in [-0.25, -0.2) is 9.67 Å². The lowest BCUT2D eigenvalue weighted by Gasteiger charge is -2.22. The van der Waals surface area contributed by atoms with Crippen molar-refractivity contribution >= 4 is 23.2 Å². The monoisotopic (exact) mass is 349 g/mol. The Kier molecular flexibility index (Phi) is 4.89. The van der Waals surface area contributed by atoms with Crippen LogP contribution in [0.4, 0.5) is 5.69 Å². The fraction of sp³-hybridized carbons (Fsp3) is 0.438. The number of nitrogens with one attached hydrogen (secondary N) is 1. The second-order valence-electron chi connectivity index (χ2n) is 5.81. The zero-order chi connectivity index (χ0) is 17.1. The van der Waals surface area contributed by atoms with Crippen LogP contribution in [-0.2, 0) is 4.79 Å². The minimum atomic E-state index is -0.387. The van der Waals surface area contributed by atoms with Crippen LogP contribution in [0.25, 0.3) is 0 Å². The highest BCUT2D eigenvalue weighted by Crippen LogP contribution is 2.33. The molecule has 2 aromatic rings. The molecule has 1 aliphatic heterocycles. The molecule has 0 aliphatic carbocycles. The van der Waals surface area contributed by atoms with Crippen LogP contribution in [0.5, 0.6) is 5.75 Å². The van der Waals surface area contributed by atoms with Gasteiger partial charge in [0.05, 0.1) is 12.8 Å². The normalized spacial score (nSPS) is 18.5.